The lowest BCUT2D eigenvalue weighted by Gasteiger charge is -2.04. The summed E-state index contributed by atoms with van der Waals surface area (Å²) >= 11 is 0. The fourth-order valence-corrected chi connectivity index (χ4v) is 2.54. The maximum absolute atomic E-state index is 10.0. The third kappa shape index (κ3) is 2.69. The van der Waals surface area contributed by atoms with Gasteiger partial charge in [-0.15, -0.1) is 10.2 Å². The number of benzene rings is 2. The van der Waals surface area contributed by atoms with Crippen LogP contribution in [0.25, 0.3) is 22.1 Å². The van der Waals surface area contributed by atoms with E-state index in [4.69, 9.17) is 4.74 Å². The molecule has 0 spiro atoms. The molecule has 3 N–H and O–H groups in total. The number of aromatic hydroxyl groups is 1. The molecule has 0 atom stereocenters. The lowest BCUT2D eigenvalue weighted by molar-refractivity contribution is 0.373. The number of ether oxygens (including phenoxy) is 1. The molecule has 0 fully saturated rings. The summed E-state index contributed by atoms with van der Waals surface area (Å²) in [5.74, 6) is 0.639. The van der Waals surface area contributed by atoms with Gasteiger partial charge in [-0.2, -0.15) is 10.1 Å². The lowest BCUT2D eigenvalue weighted by Crippen LogP contribution is -1.99. The highest BCUT2D eigenvalue weighted by Crippen LogP contribution is 2.28. The number of hydrogen-bond donors (Lipinski definition) is 3. The first-order valence-electron chi connectivity index (χ1n) is 7.52. The number of phenols is 1. The van der Waals surface area contributed by atoms with Crippen LogP contribution >= 0.6 is 0 Å². The summed E-state index contributed by atoms with van der Waals surface area (Å²) in [5, 5.41) is 23.2. The molecule has 0 aliphatic rings. The Kier molecular flexibility index (Phi) is 3.62. The van der Waals surface area contributed by atoms with Crippen LogP contribution in [0.2, 0.25) is 0 Å². The van der Waals surface area contributed by atoms with Crippen molar-refractivity contribution in [1.29, 1.82) is 0 Å². The predicted molar refractivity (Wildman–Crippen MR) is 95.1 cm³/mol. The molecule has 8 heteroatoms. The standard InChI is InChI=1S/C17H14N6O2/c1-25-13-8-4-5-10(15(13)24)9-18-22-17-20-16-14(21-23-17)11-6-2-3-7-12(11)19-16/h2-9,24H,1H3,(H2,19,20,22,23). The van der Waals surface area contributed by atoms with E-state index >= 15 is 0 Å². The Balaban J connectivity index is 1.60. The molecule has 0 bridgehead atoms. The Morgan fingerprint density at radius 3 is 2.92 bits per heavy atom. The maximum atomic E-state index is 10.0. The molecule has 0 saturated carbocycles. The van der Waals surface area contributed by atoms with Crippen LogP contribution in [0.3, 0.4) is 0 Å². The number of nitrogens with one attached hydrogen (secondary N) is 2. The van der Waals surface area contributed by atoms with E-state index in [0.717, 1.165) is 10.9 Å². The smallest absolute Gasteiger partial charge is 0.265 e. The topological polar surface area (TPSA) is 108 Å². The van der Waals surface area contributed by atoms with Gasteiger partial charge >= 0.3 is 0 Å². The monoisotopic (exact) mass is 334 g/mol. The Hall–Kier alpha value is -3.68. The number of aromatic amines is 1. The number of rotatable bonds is 4. The number of anilines is 1. The second-order valence-electron chi connectivity index (χ2n) is 5.27. The number of phenolic OH excluding ortho intramolecular Hbond substituents is 1. The zero-order valence-corrected chi connectivity index (χ0v) is 13.3. The zero-order valence-electron chi connectivity index (χ0n) is 13.3. The molecule has 2 heterocycles. The van der Waals surface area contributed by atoms with Crippen molar-refractivity contribution in [3.05, 3.63) is 48.0 Å². The second-order valence-corrected chi connectivity index (χ2v) is 5.27. The number of hydrogen-bond acceptors (Lipinski definition) is 7. The van der Waals surface area contributed by atoms with Crippen LogP contribution in [-0.4, -0.2) is 38.6 Å². The Labute approximate surface area is 142 Å². The summed E-state index contributed by atoms with van der Waals surface area (Å²) in [7, 11) is 1.49. The minimum absolute atomic E-state index is 0.0145. The van der Waals surface area contributed by atoms with Crippen LogP contribution in [0.5, 0.6) is 11.5 Å². The first-order chi connectivity index (χ1) is 12.3. The van der Waals surface area contributed by atoms with E-state index in [-0.39, 0.29) is 11.7 Å². The Morgan fingerprint density at radius 1 is 1.16 bits per heavy atom. The largest absolute Gasteiger partial charge is 0.504 e. The average molecular weight is 334 g/mol. The fourth-order valence-electron chi connectivity index (χ4n) is 2.54. The number of H-pyrrole nitrogens is 1. The first-order valence-corrected chi connectivity index (χ1v) is 7.52. The van der Waals surface area contributed by atoms with Crippen LogP contribution in [0.4, 0.5) is 5.95 Å². The van der Waals surface area contributed by atoms with Crippen molar-refractivity contribution in [2.75, 3.05) is 12.5 Å². The van der Waals surface area contributed by atoms with Crippen molar-refractivity contribution in [3.63, 3.8) is 0 Å². The number of fused-ring (bicyclic) bond motifs is 3. The molecule has 0 aliphatic heterocycles. The van der Waals surface area contributed by atoms with Gasteiger partial charge in [-0.1, -0.05) is 24.3 Å². The Bertz CT molecular complexity index is 1090. The average Bonchev–Trinajstić information content (AvgIpc) is 3.01. The number of aromatic nitrogens is 4. The molecule has 4 aromatic rings. The van der Waals surface area contributed by atoms with Crippen LogP contribution in [0, 0.1) is 0 Å². The molecule has 0 radical (unpaired) electrons. The molecule has 0 aliphatic carbocycles. The van der Waals surface area contributed by atoms with Gasteiger partial charge < -0.3 is 14.8 Å². The van der Waals surface area contributed by atoms with Crippen molar-refractivity contribution in [2.45, 2.75) is 0 Å². The quantitative estimate of drug-likeness (QED) is 0.391. The summed E-state index contributed by atoms with van der Waals surface area (Å²) in [6.45, 7) is 0. The van der Waals surface area contributed by atoms with E-state index < -0.39 is 0 Å². The highest BCUT2D eigenvalue weighted by Gasteiger charge is 2.08. The zero-order chi connectivity index (χ0) is 17.2. The number of hydrazone groups is 1. The van der Waals surface area contributed by atoms with Gasteiger partial charge in [-0.3, -0.25) is 0 Å². The van der Waals surface area contributed by atoms with Gasteiger partial charge in [0.15, 0.2) is 17.1 Å². The van der Waals surface area contributed by atoms with Gasteiger partial charge in [0.1, 0.15) is 5.52 Å². The molecule has 0 amide bonds. The van der Waals surface area contributed by atoms with Crippen molar-refractivity contribution in [1.82, 2.24) is 20.2 Å². The second kappa shape index (κ2) is 6.08. The van der Waals surface area contributed by atoms with Gasteiger partial charge in [-0.05, 0) is 18.2 Å². The fraction of sp³-hybridized carbons (Fsp3) is 0.0588. The van der Waals surface area contributed by atoms with E-state index in [2.05, 4.69) is 30.7 Å². The summed E-state index contributed by atoms with van der Waals surface area (Å²) in [4.78, 5) is 7.55. The van der Waals surface area contributed by atoms with Gasteiger partial charge in [0.2, 0.25) is 0 Å². The molecule has 2 aromatic carbocycles. The molecule has 0 unspecified atom stereocenters. The normalized spacial score (nSPS) is 11.4. The number of nitrogens with zero attached hydrogens (tertiary/aromatic N) is 4. The van der Waals surface area contributed by atoms with E-state index in [0.29, 0.717) is 22.5 Å². The van der Waals surface area contributed by atoms with Crippen molar-refractivity contribution in [2.24, 2.45) is 5.10 Å². The Morgan fingerprint density at radius 2 is 2.04 bits per heavy atom. The van der Waals surface area contributed by atoms with Gasteiger partial charge in [0.05, 0.1) is 13.3 Å². The summed E-state index contributed by atoms with van der Waals surface area (Å²) in [5.41, 5.74) is 5.49. The highest BCUT2D eigenvalue weighted by molar-refractivity contribution is 6.03. The number of para-hydroxylation sites is 2. The molecule has 8 nitrogen and oxygen atoms in total. The molecule has 4 rings (SSSR count). The minimum atomic E-state index is 0.0145. The predicted octanol–water partition coefficient (Wildman–Crippen LogP) is 2.67. The van der Waals surface area contributed by atoms with Crippen LogP contribution in [0.15, 0.2) is 47.6 Å². The van der Waals surface area contributed by atoms with E-state index in [9.17, 15) is 5.11 Å². The molecular formula is C17H14N6O2. The van der Waals surface area contributed by atoms with Crippen LogP contribution < -0.4 is 10.2 Å². The minimum Gasteiger partial charge on any atom is -0.504 e. The van der Waals surface area contributed by atoms with E-state index in [1.165, 1.54) is 13.3 Å². The van der Waals surface area contributed by atoms with E-state index in [1.54, 1.807) is 18.2 Å². The van der Waals surface area contributed by atoms with Crippen molar-refractivity contribution < 1.29 is 9.84 Å². The molecular weight excluding hydrogens is 320 g/mol. The van der Waals surface area contributed by atoms with Gasteiger partial charge in [0, 0.05) is 16.5 Å². The summed E-state index contributed by atoms with van der Waals surface area (Å²) < 4.78 is 5.06. The van der Waals surface area contributed by atoms with Crippen molar-refractivity contribution >= 4 is 34.2 Å². The third-order valence-corrected chi connectivity index (χ3v) is 3.74. The SMILES string of the molecule is COc1cccc(C=NNc2nnc3c(n2)[nH]c2ccccc23)c1O. The molecule has 2 aromatic heterocycles. The number of methoxy groups -OCH3 is 1. The summed E-state index contributed by atoms with van der Waals surface area (Å²) in [6.07, 6.45) is 1.45. The van der Waals surface area contributed by atoms with Gasteiger partial charge in [-0.25, -0.2) is 5.43 Å². The molecule has 25 heavy (non-hydrogen) atoms. The van der Waals surface area contributed by atoms with Crippen molar-refractivity contribution in [3.8, 4) is 11.5 Å². The highest BCUT2D eigenvalue weighted by atomic mass is 16.5. The maximum Gasteiger partial charge on any atom is 0.265 e. The van der Waals surface area contributed by atoms with Crippen LogP contribution in [-0.2, 0) is 0 Å². The summed E-state index contributed by atoms with van der Waals surface area (Å²) in [6, 6.07) is 12.9. The van der Waals surface area contributed by atoms with E-state index in [1.807, 2.05) is 24.3 Å². The first kappa shape index (κ1) is 14.9. The van der Waals surface area contributed by atoms with Crippen LogP contribution in [0.1, 0.15) is 5.56 Å². The third-order valence-electron chi connectivity index (χ3n) is 3.74. The van der Waals surface area contributed by atoms with Gasteiger partial charge in [0.25, 0.3) is 5.95 Å². The lowest BCUT2D eigenvalue weighted by atomic mass is 10.2. The molecule has 124 valence electrons. The molecule has 0 saturated heterocycles.